The molecule has 1 aliphatic heterocycles. The van der Waals surface area contributed by atoms with Crippen molar-refractivity contribution in [2.24, 2.45) is 5.92 Å². The van der Waals surface area contributed by atoms with E-state index in [9.17, 15) is 0 Å². The quantitative estimate of drug-likeness (QED) is 0.503. The summed E-state index contributed by atoms with van der Waals surface area (Å²) in [5, 5.41) is 0. The van der Waals surface area contributed by atoms with Gasteiger partial charge in [-0.3, -0.25) is 0 Å². The zero-order chi connectivity index (χ0) is 6.69. The Morgan fingerprint density at radius 1 is 1.44 bits per heavy atom. The molecule has 0 saturated carbocycles. The third-order valence-corrected chi connectivity index (χ3v) is 1.65. The molecule has 9 heavy (non-hydrogen) atoms. The van der Waals surface area contributed by atoms with Crippen LogP contribution in [0.25, 0.3) is 0 Å². The molecule has 0 aromatic carbocycles. The molecule has 0 amide bonds. The predicted molar refractivity (Wildman–Crippen MR) is 34.9 cm³/mol. The molecule has 2 heteroatoms. The number of hydrogen-bond donors (Lipinski definition) is 0. The van der Waals surface area contributed by atoms with Gasteiger partial charge in [0.15, 0.2) is 0 Å². The molecule has 54 valence electrons. The Morgan fingerprint density at radius 2 is 2.22 bits per heavy atom. The fraction of sp³-hybridized carbons (Fsp3) is 1.00. The normalized spacial score (nSPS) is 29.0. The molecule has 2 nitrogen and oxygen atoms in total. The molecular formula is C7H14O2. The molecular weight excluding hydrogens is 116 g/mol. The van der Waals surface area contributed by atoms with Gasteiger partial charge in [0.1, 0.15) is 0 Å². The Kier molecular flexibility index (Phi) is 2.49. The van der Waals surface area contributed by atoms with E-state index in [1.807, 2.05) is 0 Å². The van der Waals surface area contributed by atoms with E-state index in [1.54, 1.807) is 0 Å². The Hall–Kier alpha value is -0.0800. The minimum Gasteiger partial charge on any atom is -0.236 e. The summed E-state index contributed by atoms with van der Waals surface area (Å²) >= 11 is 0. The van der Waals surface area contributed by atoms with Crippen LogP contribution in [0.5, 0.6) is 0 Å². The lowest BCUT2D eigenvalue weighted by Gasteiger charge is -2.23. The van der Waals surface area contributed by atoms with E-state index in [4.69, 9.17) is 9.78 Å². The summed E-state index contributed by atoms with van der Waals surface area (Å²) in [4.78, 5) is 9.88. The van der Waals surface area contributed by atoms with Crippen LogP contribution in [0.2, 0.25) is 0 Å². The Bertz CT molecular complexity index is 75.0. The highest BCUT2D eigenvalue weighted by Gasteiger charge is 2.17. The monoisotopic (exact) mass is 130 g/mol. The van der Waals surface area contributed by atoms with Gasteiger partial charge in [-0.05, 0) is 18.8 Å². The fourth-order valence-corrected chi connectivity index (χ4v) is 0.972. The molecule has 0 spiro atoms. The van der Waals surface area contributed by atoms with Crippen molar-refractivity contribution >= 4 is 0 Å². The van der Waals surface area contributed by atoms with Crippen LogP contribution in [-0.2, 0) is 9.78 Å². The smallest absolute Gasteiger partial charge is 0.0953 e. The molecule has 1 rings (SSSR count). The van der Waals surface area contributed by atoms with Crippen molar-refractivity contribution in [3.63, 3.8) is 0 Å². The van der Waals surface area contributed by atoms with Gasteiger partial charge in [0, 0.05) is 0 Å². The van der Waals surface area contributed by atoms with E-state index in [-0.39, 0.29) is 0 Å². The first-order chi connectivity index (χ1) is 4.30. The second-order valence-electron chi connectivity index (χ2n) is 2.84. The molecule has 1 heterocycles. The second kappa shape index (κ2) is 3.18. The molecule has 0 radical (unpaired) electrons. The van der Waals surface area contributed by atoms with Crippen LogP contribution >= 0.6 is 0 Å². The van der Waals surface area contributed by atoms with Crippen molar-refractivity contribution < 1.29 is 9.78 Å². The summed E-state index contributed by atoms with van der Waals surface area (Å²) in [6.07, 6.45) is 2.62. The van der Waals surface area contributed by atoms with Gasteiger partial charge in [-0.25, -0.2) is 9.78 Å². The van der Waals surface area contributed by atoms with Crippen molar-refractivity contribution in [1.29, 1.82) is 0 Å². The van der Waals surface area contributed by atoms with Gasteiger partial charge in [0.2, 0.25) is 0 Å². The van der Waals surface area contributed by atoms with Crippen LogP contribution in [0, 0.1) is 5.92 Å². The lowest BCUT2D eigenvalue weighted by molar-refractivity contribution is -0.352. The van der Waals surface area contributed by atoms with E-state index in [0.717, 1.165) is 19.4 Å². The zero-order valence-corrected chi connectivity index (χ0v) is 6.09. The van der Waals surface area contributed by atoms with E-state index < -0.39 is 0 Å². The molecule has 1 aliphatic rings. The average molecular weight is 130 g/mol. The lowest BCUT2D eigenvalue weighted by atomic mass is 10.0. The van der Waals surface area contributed by atoms with Crippen molar-refractivity contribution in [3.05, 3.63) is 0 Å². The van der Waals surface area contributed by atoms with Crippen LogP contribution in [0.3, 0.4) is 0 Å². The maximum Gasteiger partial charge on any atom is 0.0953 e. The molecule has 1 fully saturated rings. The van der Waals surface area contributed by atoms with Gasteiger partial charge in [-0.1, -0.05) is 13.8 Å². The van der Waals surface area contributed by atoms with E-state index in [0.29, 0.717) is 12.0 Å². The number of hydrogen-bond acceptors (Lipinski definition) is 2. The molecule has 1 saturated heterocycles. The summed E-state index contributed by atoms with van der Waals surface area (Å²) < 4.78 is 0. The minimum absolute atomic E-state index is 0.332. The van der Waals surface area contributed by atoms with Crippen LogP contribution < -0.4 is 0 Å². The van der Waals surface area contributed by atoms with Crippen LogP contribution in [0.15, 0.2) is 0 Å². The first kappa shape index (κ1) is 7.03. The zero-order valence-electron chi connectivity index (χ0n) is 6.09. The molecule has 0 aromatic heterocycles. The van der Waals surface area contributed by atoms with Gasteiger partial charge < -0.3 is 0 Å². The van der Waals surface area contributed by atoms with Crippen molar-refractivity contribution in [1.82, 2.24) is 0 Å². The third kappa shape index (κ3) is 1.95. The van der Waals surface area contributed by atoms with Gasteiger partial charge in [-0.15, -0.1) is 0 Å². The minimum atomic E-state index is 0.332. The van der Waals surface area contributed by atoms with E-state index >= 15 is 0 Å². The molecule has 1 atom stereocenters. The second-order valence-corrected chi connectivity index (χ2v) is 2.84. The standard InChI is InChI=1S/C7H14O2/c1-6(2)7-4-3-5-8-9-7/h6-7H,3-5H2,1-2H3. The predicted octanol–water partition coefficient (Wildman–Crippen LogP) is 1.75. The van der Waals surface area contributed by atoms with Crippen LogP contribution in [0.1, 0.15) is 26.7 Å². The van der Waals surface area contributed by atoms with Gasteiger partial charge >= 0.3 is 0 Å². The first-order valence-corrected chi connectivity index (χ1v) is 3.59. The summed E-state index contributed by atoms with van der Waals surface area (Å²) in [5.41, 5.74) is 0. The Balaban J connectivity index is 2.23. The maximum absolute atomic E-state index is 5.04. The number of rotatable bonds is 1. The Labute approximate surface area is 56.1 Å². The van der Waals surface area contributed by atoms with Crippen LogP contribution in [0.4, 0.5) is 0 Å². The van der Waals surface area contributed by atoms with E-state index in [1.165, 1.54) is 0 Å². The highest BCUT2D eigenvalue weighted by molar-refractivity contribution is 4.62. The summed E-state index contributed by atoms with van der Waals surface area (Å²) in [5.74, 6) is 0.588. The van der Waals surface area contributed by atoms with Gasteiger partial charge in [0.05, 0.1) is 12.7 Å². The van der Waals surface area contributed by atoms with Gasteiger partial charge in [-0.2, -0.15) is 0 Å². The van der Waals surface area contributed by atoms with Crippen molar-refractivity contribution in [3.8, 4) is 0 Å². The molecule has 0 N–H and O–H groups in total. The lowest BCUT2D eigenvalue weighted by Crippen LogP contribution is -2.24. The summed E-state index contributed by atoms with van der Waals surface area (Å²) in [7, 11) is 0. The van der Waals surface area contributed by atoms with E-state index in [2.05, 4.69) is 13.8 Å². The highest BCUT2D eigenvalue weighted by Crippen LogP contribution is 2.17. The molecule has 0 bridgehead atoms. The molecule has 1 unspecified atom stereocenters. The topological polar surface area (TPSA) is 18.5 Å². The highest BCUT2D eigenvalue weighted by atomic mass is 17.2. The van der Waals surface area contributed by atoms with Gasteiger partial charge in [0.25, 0.3) is 0 Å². The first-order valence-electron chi connectivity index (χ1n) is 3.59. The van der Waals surface area contributed by atoms with Crippen LogP contribution in [-0.4, -0.2) is 12.7 Å². The molecule has 0 aromatic rings. The molecule has 0 aliphatic carbocycles. The SMILES string of the molecule is CC(C)C1CCCOO1. The largest absolute Gasteiger partial charge is 0.236 e. The van der Waals surface area contributed by atoms with Crippen molar-refractivity contribution in [2.75, 3.05) is 6.61 Å². The maximum atomic E-state index is 5.04. The average Bonchev–Trinajstić information content (AvgIpc) is 1.90. The summed E-state index contributed by atoms with van der Waals surface area (Å²) in [6.45, 7) is 5.07. The summed E-state index contributed by atoms with van der Waals surface area (Å²) in [6, 6.07) is 0. The Morgan fingerprint density at radius 3 is 2.56 bits per heavy atom. The third-order valence-electron chi connectivity index (χ3n) is 1.65. The fourth-order valence-electron chi connectivity index (χ4n) is 0.972. The van der Waals surface area contributed by atoms with Crippen molar-refractivity contribution in [2.45, 2.75) is 32.8 Å².